The lowest BCUT2D eigenvalue weighted by atomic mass is 10.4. The van der Waals surface area contributed by atoms with E-state index >= 15 is 0 Å². The second kappa shape index (κ2) is 23.0. The predicted octanol–water partition coefficient (Wildman–Crippen LogP) is 0.184. The number of aliphatic hydroxyl groups excluding tert-OH is 4. The van der Waals surface area contributed by atoms with Gasteiger partial charge in [-0.2, -0.15) is 0 Å². The fraction of sp³-hybridized carbons (Fsp3) is 1.00. The predicted molar refractivity (Wildman–Crippen MR) is 85.9 cm³/mol. The maximum absolute atomic E-state index is 8.92. The van der Waals surface area contributed by atoms with Crippen LogP contribution < -0.4 is 0 Å². The molecule has 22 heavy (non-hydrogen) atoms. The van der Waals surface area contributed by atoms with Gasteiger partial charge in [-0.1, -0.05) is 0 Å². The van der Waals surface area contributed by atoms with E-state index in [1.807, 2.05) is 20.8 Å². The van der Waals surface area contributed by atoms with Crippen molar-refractivity contribution in [2.45, 2.75) is 52.9 Å². The highest BCUT2D eigenvalue weighted by Crippen LogP contribution is 1.97. The number of hydrogen-bond acceptors (Lipinski definition) is 7. The zero-order chi connectivity index (χ0) is 17.8. The molecule has 0 radical (unpaired) electrons. The molecule has 0 rings (SSSR count). The Labute approximate surface area is 134 Å². The normalized spacial score (nSPS) is 14.0. The lowest BCUT2D eigenvalue weighted by molar-refractivity contribution is -0.0620. The summed E-state index contributed by atoms with van der Waals surface area (Å²) in [7, 11) is 0. The molecule has 7 nitrogen and oxygen atoms in total. The van der Waals surface area contributed by atoms with Crippen LogP contribution in [0.5, 0.6) is 0 Å². The van der Waals surface area contributed by atoms with Crippen molar-refractivity contribution in [3.05, 3.63) is 0 Å². The number of hydrogen-bond donors (Lipinski definition) is 4. The lowest BCUT2D eigenvalue weighted by Crippen LogP contribution is -2.24. The van der Waals surface area contributed by atoms with Gasteiger partial charge in [-0.05, 0) is 34.6 Å². The second-order valence-corrected chi connectivity index (χ2v) is 4.55. The molecule has 0 fully saturated rings. The third-order valence-electron chi connectivity index (χ3n) is 2.00. The highest BCUT2D eigenvalue weighted by molar-refractivity contribution is 4.52. The quantitative estimate of drug-likeness (QED) is 0.453. The zero-order valence-corrected chi connectivity index (χ0v) is 14.7. The Hall–Kier alpha value is -0.280. The van der Waals surface area contributed by atoms with Crippen molar-refractivity contribution in [3.8, 4) is 0 Å². The Morgan fingerprint density at radius 1 is 0.773 bits per heavy atom. The van der Waals surface area contributed by atoms with Crippen LogP contribution in [0.1, 0.15) is 34.6 Å². The van der Waals surface area contributed by atoms with Crippen molar-refractivity contribution < 1.29 is 34.6 Å². The van der Waals surface area contributed by atoms with Gasteiger partial charge in [0, 0.05) is 13.2 Å². The fourth-order valence-electron chi connectivity index (χ4n) is 0.908. The van der Waals surface area contributed by atoms with Gasteiger partial charge in [-0.25, -0.2) is 0 Å². The standard InChI is InChI=1S/C9H20O4.C4H10O.C2H6O2/c1-7(11)5-12-9(3)6-13-8(2)4-10;1-3-5-4-2;3-1-2-4/h7-11H,4-6H2,1-3H3;3-4H2,1-2H3;3-4H,1-2H2. The molecule has 0 aliphatic heterocycles. The summed E-state index contributed by atoms with van der Waals surface area (Å²) in [5.74, 6) is 0. The molecular weight excluding hydrogens is 292 g/mol. The first kappa shape index (κ1) is 26.6. The molecule has 4 N–H and O–H groups in total. The fourth-order valence-corrected chi connectivity index (χ4v) is 0.908. The topological polar surface area (TPSA) is 109 Å². The summed E-state index contributed by atoms with van der Waals surface area (Å²) in [5.41, 5.74) is 0. The van der Waals surface area contributed by atoms with Gasteiger partial charge < -0.3 is 34.6 Å². The molecule has 0 spiro atoms. The van der Waals surface area contributed by atoms with Gasteiger partial charge in [-0.3, -0.25) is 0 Å². The van der Waals surface area contributed by atoms with Crippen LogP contribution in [0.3, 0.4) is 0 Å². The number of rotatable bonds is 10. The molecule has 0 bridgehead atoms. The van der Waals surface area contributed by atoms with E-state index in [1.54, 1.807) is 13.8 Å². The van der Waals surface area contributed by atoms with E-state index in [4.69, 9.17) is 34.6 Å². The van der Waals surface area contributed by atoms with Gasteiger partial charge >= 0.3 is 0 Å². The summed E-state index contributed by atoms with van der Waals surface area (Å²) in [4.78, 5) is 0. The Balaban J connectivity index is -0.000000330. The minimum absolute atomic E-state index is 0.0170. The third-order valence-corrected chi connectivity index (χ3v) is 2.00. The monoisotopic (exact) mass is 328 g/mol. The van der Waals surface area contributed by atoms with E-state index in [2.05, 4.69) is 0 Å². The van der Waals surface area contributed by atoms with Crippen LogP contribution in [0.25, 0.3) is 0 Å². The molecule has 7 heteroatoms. The van der Waals surface area contributed by atoms with Crippen molar-refractivity contribution in [1.29, 1.82) is 0 Å². The van der Waals surface area contributed by atoms with Gasteiger partial charge in [0.2, 0.25) is 0 Å². The van der Waals surface area contributed by atoms with E-state index < -0.39 is 6.10 Å². The van der Waals surface area contributed by atoms with Crippen LogP contribution in [0.4, 0.5) is 0 Å². The first-order valence-electron chi connectivity index (χ1n) is 7.70. The van der Waals surface area contributed by atoms with E-state index in [-0.39, 0.29) is 32.0 Å². The number of aliphatic hydroxyl groups is 4. The molecule has 0 saturated carbocycles. The first-order chi connectivity index (χ1) is 10.4. The highest BCUT2D eigenvalue weighted by atomic mass is 16.5. The largest absolute Gasteiger partial charge is 0.394 e. The summed E-state index contributed by atoms with van der Waals surface area (Å²) in [6.07, 6.45) is -0.654. The molecular formula is C15H36O7. The Morgan fingerprint density at radius 2 is 1.23 bits per heavy atom. The van der Waals surface area contributed by atoms with Gasteiger partial charge in [0.05, 0.1) is 51.3 Å². The van der Waals surface area contributed by atoms with Crippen LogP contribution in [0, 0.1) is 0 Å². The van der Waals surface area contributed by atoms with Crippen molar-refractivity contribution in [2.24, 2.45) is 0 Å². The van der Waals surface area contributed by atoms with E-state index in [9.17, 15) is 0 Å². The van der Waals surface area contributed by atoms with Crippen LogP contribution in [0.2, 0.25) is 0 Å². The van der Waals surface area contributed by atoms with Gasteiger partial charge in [0.1, 0.15) is 0 Å². The van der Waals surface area contributed by atoms with Gasteiger partial charge in [0.15, 0.2) is 0 Å². The summed E-state index contributed by atoms with van der Waals surface area (Å²) in [6, 6.07) is 0. The molecule has 0 aliphatic rings. The van der Waals surface area contributed by atoms with Crippen molar-refractivity contribution in [3.63, 3.8) is 0 Å². The third kappa shape index (κ3) is 31.9. The Morgan fingerprint density at radius 3 is 1.50 bits per heavy atom. The molecule has 0 aromatic rings. The molecule has 0 amide bonds. The SMILES string of the molecule is CC(O)COC(C)COC(C)CO.CCOCC.OCCO. The summed E-state index contributed by atoms with van der Waals surface area (Å²) >= 11 is 0. The molecule has 3 unspecified atom stereocenters. The molecule has 138 valence electrons. The van der Waals surface area contributed by atoms with Crippen molar-refractivity contribution in [2.75, 3.05) is 46.2 Å². The minimum atomic E-state index is -0.447. The number of ether oxygens (including phenoxy) is 3. The Kier molecular flexibility index (Phi) is 27.8. The Bertz CT molecular complexity index is 175. The zero-order valence-electron chi connectivity index (χ0n) is 14.7. The average molecular weight is 328 g/mol. The molecule has 0 heterocycles. The maximum atomic E-state index is 8.92. The van der Waals surface area contributed by atoms with Crippen LogP contribution in [-0.2, 0) is 14.2 Å². The van der Waals surface area contributed by atoms with E-state index in [0.717, 1.165) is 13.2 Å². The minimum Gasteiger partial charge on any atom is -0.394 e. The van der Waals surface area contributed by atoms with E-state index in [0.29, 0.717) is 13.2 Å². The van der Waals surface area contributed by atoms with Gasteiger partial charge in [0.25, 0.3) is 0 Å². The maximum Gasteiger partial charge on any atom is 0.0781 e. The lowest BCUT2D eigenvalue weighted by Gasteiger charge is -2.16. The van der Waals surface area contributed by atoms with Crippen molar-refractivity contribution in [1.82, 2.24) is 0 Å². The first-order valence-corrected chi connectivity index (χ1v) is 7.70. The van der Waals surface area contributed by atoms with Crippen molar-refractivity contribution >= 4 is 0 Å². The summed E-state index contributed by atoms with van der Waals surface area (Å²) < 4.78 is 15.3. The molecule has 0 saturated heterocycles. The summed E-state index contributed by atoms with van der Waals surface area (Å²) in [6.45, 7) is 11.5. The molecule has 0 aromatic carbocycles. The highest BCUT2D eigenvalue weighted by Gasteiger charge is 2.06. The average Bonchev–Trinajstić information content (AvgIpc) is 2.52. The second-order valence-electron chi connectivity index (χ2n) is 4.55. The van der Waals surface area contributed by atoms with Crippen LogP contribution in [-0.4, -0.2) is 85.0 Å². The van der Waals surface area contributed by atoms with Gasteiger partial charge in [-0.15, -0.1) is 0 Å². The van der Waals surface area contributed by atoms with E-state index in [1.165, 1.54) is 0 Å². The van der Waals surface area contributed by atoms with Crippen LogP contribution in [0.15, 0.2) is 0 Å². The molecule has 0 aromatic heterocycles. The van der Waals surface area contributed by atoms with Crippen LogP contribution >= 0.6 is 0 Å². The summed E-state index contributed by atoms with van der Waals surface area (Å²) in [5, 5.41) is 32.8. The smallest absolute Gasteiger partial charge is 0.0781 e. The molecule has 3 atom stereocenters. The molecule has 0 aliphatic carbocycles.